The van der Waals surface area contributed by atoms with Crippen molar-refractivity contribution in [2.75, 3.05) is 17.7 Å². The van der Waals surface area contributed by atoms with Crippen molar-refractivity contribution in [2.24, 2.45) is 0 Å². The molecule has 0 aliphatic rings. The first-order chi connectivity index (χ1) is 7.50. The zero-order chi connectivity index (χ0) is 12.2. The third-order valence-electron chi connectivity index (χ3n) is 2.96. The van der Waals surface area contributed by atoms with Gasteiger partial charge in [-0.25, -0.2) is 4.98 Å². The maximum atomic E-state index is 9.04. The van der Waals surface area contributed by atoms with Crippen LogP contribution in [0.25, 0.3) is 0 Å². The molecule has 1 unspecified atom stereocenters. The van der Waals surface area contributed by atoms with E-state index in [-0.39, 0.29) is 12.1 Å². The lowest BCUT2D eigenvalue weighted by molar-refractivity contribution is 0.251. The van der Waals surface area contributed by atoms with Crippen LogP contribution in [0.3, 0.4) is 0 Å². The van der Waals surface area contributed by atoms with E-state index in [1.54, 1.807) is 6.20 Å². The van der Waals surface area contributed by atoms with Crippen molar-refractivity contribution in [1.29, 1.82) is 0 Å². The van der Waals surface area contributed by atoms with Gasteiger partial charge in [0.2, 0.25) is 0 Å². The van der Waals surface area contributed by atoms with Crippen molar-refractivity contribution in [2.45, 2.75) is 39.2 Å². The van der Waals surface area contributed by atoms with Crippen LogP contribution in [0.5, 0.6) is 0 Å². The molecule has 1 aromatic heterocycles. The molecule has 4 heteroatoms. The molecule has 1 rings (SSSR count). The molecule has 16 heavy (non-hydrogen) atoms. The molecular formula is C12H21N3O. The molecule has 0 aromatic carbocycles. The quantitative estimate of drug-likeness (QED) is 0.713. The molecule has 0 spiro atoms. The van der Waals surface area contributed by atoms with Gasteiger partial charge in [-0.3, -0.25) is 0 Å². The molecular weight excluding hydrogens is 202 g/mol. The number of aliphatic hydroxyl groups excluding tert-OH is 1. The Morgan fingerprint density at radius 3 is 2.75 bits per heavy atom. The highest BCUT2D eigenvalue weighted by Crippen LogP contribution is 2.23. The summed E-state index contributed by atoms with van der Waals surface area (Å²) in [6.07, 6.45) is 3.28. The van der Waals surface area contributed by atoms with Crippen LogP contribution in [0.1, 0.15) is 32.3 Å². The maximum Gasteiger partial charge on any atom is 0.129 e. The van der Waals surface area contributed by atoms with Gasteiger partial charge in [0.05, 0.1) is 11.9 Å². The van der Waals surface area contributed by atoms with E-state index in [0.717, 1.165) is 17.8 Å². The predicted octanol–water partition coefficient (Wildman–Crippen LogP) is 1.94. The number of nitrogens with zero attached hydrogens (tertiary/aromatic N) is 1. The zero-order valence-corrected chi connectivity index (χ0v) is 10.2. The first kappa shape index (κ1) is 12.8. The van der Waals surface area contributed by atoms with Crippen molar-refractivity contribution in [1.82, 2.24) is 4.98 Å². The summed E-state index contributed by atoms with van der Waals surface area (Å²) >= 11 is 0. The smallest absolute Gasteiger partial charge is 0.129 e. The summed E-state index contributed by atoms with van der Waals surface area (Å²) in [4.78, 5) is 4.28. The summed E-state index contributed by atoms with van der Waals surface area (Å²) in [5, 5.41) is 12.4. The second kappa shape index (κ2) is 5.16. The number of hydrogen-bond acceptors (Lipinski definition) is 4. The summed E-state index contributed by atoms with van der Waals surface area (Å²) in [5.74, 6) is 0.840. The van der Waals surface area contributed by atoms with Crippen LogP contribution in [0.2, 0.25) is 0 Å². The first-order valence-corrected chi connectivity index (χ1v) is 5.62. The molecule has 0 fully saturated rings. The largest absolute Gasteiger partial charge is 0.397 e. The highest BCUT2D eigenvalue weighted by molar-refractivity contribution is 5.51. The minimum atomic E-state index is -0.122. The zero-order valence-electron chi connectivity index (χ0n) is 10.2. The van der Waals surface area contributed by atoms with Gasteiger partial charge < -0.3 is 16.2 Å². The molecule has 0 bridgehead atoms. The van der Waals surface area contributed by atoms with Crippen LogP contribution >= 0.6 is 0 Å². The number of rotatable bonds is 5. The number of nitrogens with two attached hydrogens (primary N) is 1. The van der Waals surface area contributed by atoms with E-state index in [1.807, 2.05) is 13.0 Å². The molecule has 90 valence electrons. The fourth-order valence-corrected chi connectivity index (χ4v) is 1.59. The van der Waals surface area contributed by atoms with Crippen molar-refractivity contribution in [3.05, 3.63) is 17.8 Å². The van der Waals surface area contributed by atoms with Crippen LogP contribution in [0, 0.1) is 6.92 Å². The third-order valence-corrected chi connectivity index (χ3v) is 2.96. The predicted molar refractivity (Wildman–Crippen MR) is 67.4 cm³/mol. The Balaban J connectivity index is 2.85. The van der Waals surface area contributed by atoms with Crippen LogP contribution in [0.4, 0.5) is 11.5 Å². The molecule has 4 N–H and O–H groups in total. The number of hydrogen-bond donors (Lipinski definition) is 3. The molecule has 0 amide bonds. The highest BCUT2D eigenvalue weighted by atomic mass is 16.3. The summed E-state index contributed by atoms with van der Waals surface area (Å²) in [7, 11) is 0. The number of aliphatic hydroxyl groups is 1. The van der Waals surface area contributed by atoms with Gasteiger partial charge in [0, 0.05) is 12.1 Å². The van der Waals surface area contributed by atoms with E-state index >= 15 is 0 Å². The number of aromatic nitrogens is 1. The lowest BCUT2D eigenvalue weighted by Crippen LogP contribution is -2.35. The second-order valence-corrected chi connectivity index (χ2v) is 4.45. The average molecular weight is 223 g/mol. The number of pyridine rings is 1. The minimum Gasteiger partial charge on any atom is -0.397 e. The second-order valence-electron chi connectivity index (χ2n) is 4.45. The monoisotopic (exact) mass is 223 g/mol. The van der Waals surface area contributed by atoms with E-state index in [4.69, 9.17) is 10.8 Å². The summed E-state index contributed by atoms with van der Waals surface area (Å²) in [5.41, 5.74) is 7.23. The Hall–Kier alpha value is -1.29. The number of nitrogen functional groups attached to an aromatic ring is 1. The molecule has 0 aliphatic heterocycles. The van der Waals surface area contributed by atoms with Crippen LogP contribution in [0.15, 0.2) is 12.3 Å². The van der Waals surface area contributed by atoms with Crippen molar-refractivity contribution in [3.63, 3.8) is 0 Å². The SMILES string of the molecule is CCC(C)(CCO)Nc1ncc(N)cc1C. The Morgan fingerprint density at radius 2 is 2.25 bits per heavy atom. The fraction of sp³-hybridized carbons (Fsp3) is 0.583. The fourth-order valence-electron chi connectivity index (χ4n) is 1.59. The third kappa shape index (κ3) is 3.10. The van der Waals surface area contributed by atoms with Crippen LogP contribution in [-0.2, 0) is 0 Å². The average Bonchev–Trinajstić information content (AvgIpc) is 2.23. The Kier molecular flexibility index (Phi) is 4.12. The Labute approximate surface area is 96.9 Å². The van der Waals surface area contributed by atoms with Gasteiger partial charge in [-0.1, -0.05) is 6.92 Å². The molecule has 1 atom stereocenters. The Morgan fingerprint density at radius 1 is 1.56 bits per heavy atom. The first-order valence-electron chi connectivity index (χ1n) is 5.62. The minimum absolute atomic E-state index is 0.122. The van der Waals surface area contributed by atoms with E-state index in [0.29, 0.717) is 12.1 Å². The van der Waals surface area contributed by atoms with E-state index < -0.39 is 0 Å². The standard InChI is InChI=1S/C12H21N3O/c1-4-12(3,5-6-16)15-11-9(2)7-10(13)8-14-11/h7-8,16H,4-6,13H2,1-3H3,(H,14,15). The van der Waals surface area contributed by atoms with Gasteiger partial charge in [0.1, 0.15) is 5.82 Å². The highest BCUT2D eigenvalue weighted by Gasteiger charge is 2.22. The van der Waals surface area contributed by atoms with Crippen molar-refractivity contribution in [3.8, 4) is 0 Å². The molecule has 1 heterocycles. The summed E-state index contributed by atoms with van der Waals surface area (Å²) in [6.45, 7) is 6.32. The van der Waals surface area contributed by atoms with Crippen LogP contribution < -0.4 is 11.1 Å². The number of aryl methyl sites for hydroxylation is 1. The van der Waals surface area contributed by atoms with Gasteiger partial charge in [-0.15, -0.1) is 0 Å². The molecule has 0 radical (unpaired) electrons. The maximum absolute atomic E-state index is 9.04. The van der Waals surface area contributed by atoms with E-state index in [1.165, 1.54) is 0 Å². The van der Waals surface area contributed by atoms with E-state index in [2.05, 4.69) is 24.1 Å². The number of anilines is 2. The van der Waals surface area contributed by atoms with Gasteiger partial charge in [0.25, 0.3) is 0 Å². The van der Waals surface area contributed by atoms with E-state index in [9.17, 15) is 0 Å². The normalized spacial score (nSPS) is 14.5. The van der Waals surface area contributed by atoms with Crippen molar-refractivity contribution >= 4 is 11.5 Å². The molecule has 1 aromatic rings. The summed E-state index contributed by atoms with van der Waals surface area (Å²) < 4.78 is 0. The number of nitrogens with one attached hydrogen (secondary N) is 1. The lowest BCUT2D eigenvalue weighted by atomic mass is 9.94. The molecule has 0 saturated heterocycles. The molecule has 4 nitrogen and oxygen atoms in total. The molecule has 0 saturated carbocycles. The van der Waals surface area contributed by atoms with Gasteiger partial charge in [0.15, 0.2) is 0 Å². The van der Waals surface area contributed by atoms with Gasteiger partial charge in [-0.05, 0) is 38.3 Å². The molecule has 0 aliphatic carbocycles. The topological polar surface area (TPSA) is 71.2 Å². The van der Waals surface area contributed by atoms with Gasteiger partial charge >= 0.3 is 0 Å². The summed E-state index contributed by atoms with van der Waals surface area (Å²) in [6, 6.07) is 1.89. The van der Waals surface area contributed by atoms with Crippen molar-refractivity contribution < 1.29 is 5.11 Å². The van der Waals surface area contributed by atoms with Gasteiger partial charge in [-0.2, -0.15) is 0 Å². The van der Waals surface area contributed by atoms with Crippen LogP contribution in [-0.4, -0.2) is 22.2 Å². The Bertz CT molecular complexity index is 354. The lowest BCUT2D eigenvalue weighted by Gasteiger charge is -2.30.